The summed E-state index contributed by atoms with van der Waals surface area (Å²) < 4.78 is 32.2. The van der Waals surface area contributed by atoms with E-state index in [4.69, 9.17) is 0 Å². The average Bonchev–Trinajstić information content (AvgIpc) is 2.99. The Morgan fingerprint density at radius 3 is 2.43 bits per heavy atom. The quantitative estimate of drug-likeness (QED) is 0.626. The first-order valence-electron chi connectivity index (χ1n) is 8.51. The van der Waals surface area contributed by atoms with Crippen molar-refractivity contribution in [3.05, 3.63) is 39.9 Å². The van der Waals surface area contributed by atoms with Crippen LogP contribution in [0.15, 0.2) is 22.4 Å². The van der Waals surface area contributed by atoms with Gasteiger partial charge in [-0.3, -0.25) is 9.59 Å². The Morgan fingerprint density at radius 1 is 1.18 bits per heavy atom. The summed E-state index contributed by atoms with van der Waals surface area (Å²) >= 11 is 1.18. The number of benzene rings is 1. The van der Waals surface area contributed by atoms with E-state index in [1.54, 1.807) is 19.2 Å². The maximum Gasteiger partial charge on any atom is 0.311 e. The number of esters is 1. The molecule has 8 nitrogen and oxygen atoms in total. The molecule has 0 radical (unpaired) electrons. The molecule has 152 valence electrons. The lowest BCUT2D eigenvalue weighted by atomic mass is 10.1. The molecule has 2 aromatic rings. The van der Waals surface area contributed by atoms with Crippen molar-refractivity contribution < 1.29 is 22.7 Å². The Bertz CT molecular complexity index is 960. The van der Waals surface area contributed by atoms with Crippen molar-refractivity contribution in [1.29, 1.82) is 0 Å². The van der Waals surface area contributed by atoms with Crippen LogP contribution in [0.5, 0.6) is 0 Å². The van der Waals surface area contributed by atoms with Crippen LogP contribution >= 0.6 is 11.3 Å². The highest BCUT2D eigenvalue weighted by atomic mass is 32.2. The summed E-state index contributed by atoms with van der Waals surface area (Å²) in [5.41, 5.74) is 2.81. The van der Waals surface area contributed by atoms with Crippen LogP contribution in [-0.2, 0) is 30.8 Å². The van der Waals surface area contributed by atoms with Gasteiger partial charge in [0.2, 0.25) is 15.9 Å². The minimum atomic E-state index is -3.71. The lowest BCUT2D eigenvalue weighted by Gasteiger charge is -2.13. The van der Waals surface area contributed by atoms with Gasteiger partial charge >= 0.3 is 5.97 Å². The monoisotopic (exact) mass is 425 g/mol. The van der Waals surface area contributed by atoms with Gasteiger partial charge in [0, 0.05) is 18.3 Å². The molecule has 1 aromatic heterocycles. The maximum absolute atomic E-state index is 12.6. The lowest BCUT2D eigenvalue weighted by Crippen LogP contribution is -2.29. The van der Waals surface area contributed by atoms with Crippen molar-refractivity contribution in [2.45, 2.75) is 38.5 Å². The zero-order chi connectivity index (χ0) is 20.9. The minimum Gasteiger partial charge on any atom is -0.469 e. The zero-order valence-electron chi connectivity index (χ0n) is 16.2. The number of nitrogens with one attached hydrogen (secondary N) is 2. The molecule has 0 atom stereocenters. The van der Waals surface area contributed by atoms with E-state index in [2.05, 4.69) is 19.8 Å². The Kier molecular flexibility index (Phi) is 7.28. The Balaban J connectivity index is 1.91. The van der Waals surface area contributed by atoms with Crippen molar-refractivity contribution in [1.82, 2.24) is 9.71 Å². The summed E-state index contributed by atoms with van der Waals surface area (Å²) in [4.78, 5) is 27.6. The third kappa shape index (κ3) is 5.85. The summed E-state index contributed by atoms with van der Waals surface area (Å²) in [6.07, 6.45) is -0.0208. The number of ether oxygens (including phenoxy) is 1. The number of anilines is 1. The first-order chi connectivity index (χ1) is 13.1. The number of sulfonamides is 1. The number of nitrogens with zero attached hydrogens (tertiary/aromatic N) is 1. The molecule has 0 saturated carbocycles. The molecule has 1 heterocycles. The number of methoxy groups -OCH3 is 1. The van der Waals surface area contributed by atoms with Gasteiger partial charge in [0.25, 0.3) is 0 Å². The number of carbonyl (C=O) groups excluding carboxylic acids is 2. The molecule has 0 fully saturated rings. The predicted octanol–water partition coefficient (Wildman–Crippen LogP) is 2.09. The van der Waals surface area contributed by atoms with Crippen LogP contribution in [-0.4, -0.2) is 38.9 Å². The predicted molar refractivity (Wildman–Crippen MR) is 107 cm³/mol. The van der Waals surface area contributed by atoms with E-state index in [-0.39, 0.29) is 30.2 Å². The van der Waals surface area contributed by atoms with Gasteiger partial charge in [0.05, 0.1) is 24.1 Å². The fraction of sp³-hybridized carbons (Fsp3) is 0.389. The molecule has 0 bridgehead atoms. The fourth-order valence-corrected chi connectivity index (χ4v) is 5.02. The standard InChI is InChI=1S/C18H23N3O5S2/c1-11-7-12(2)17(13(3)8-11)28(24,25)19-6-5-15(22)21-18-20-14(10-27-18)9-16(23)26-4/h7-8,10,19H,5-6,9H2,1-4H3,(H,20,21,22). The molecule has 2 N–H and O–H groups in total. The van der Waals surface area contributed by atoms with Crippen LogP contribution in [0.1, 0.15) is 28.8 Å². The Morgan fingerprint density at radius 2 is 1.82 bits per heavy atom. The van der Waals surface area contributed by atoms with Gasteiger partial charge in [-0.25, -0.2) is 18.1 Å². The largest absolute Gasteiger partial charge is 0.469 e. The number of amides is 1. The van der Waals surface area contributed by atoms with E-state index in [9.17, 15) is 18.0 Å². The summed E-state index contributed by atoms with van der Waals surface area (Å²) in [7, 11) is -2.42. The Labute approximate surface area is 168 Å². The third-order valence-corrected chi connectivity index (χ3v) is 6.44. The average molecular weight is 426 g/mol. The number of aromatic nitrogens is 1. The lowest BCUT2D eigenvalue weighted by molar-refractivity contribution is -0.139. The first-order valence-corrected chi connectivity index (χ1v) is 10.9. The highest BCUT2D eigenvalue weighted by molar-refractivity contribution is 7.89. The molecule has 1 aromatic carbocycles. The van der Waals surface area contributed by atoms with Gasteiger partial charge < -0.3 is 10.1 Å². The molecule has 0 unspecified atom stereocenters. The topological polar surface area (TPSA) is 114 Å². The smallest absolute Gasteiger partial charge is 0.311 e. The molecule has 10 heteroatoms. The molecule has 0 aliphatic carbocycles. The van der Waals surface area contributed by atoms with E-state index in [1.807, 2.05) is 19.1 Å². The number of thiazole rings is 1. The number of aryl methyl sites for hydroxylation is 3. The number of carbonyl (C=O) groups is 2. The van der Waals surface area contributed by atoms with E-state index in [1.165, 1.54) is 18.4 Å². The van der Waals surface area contributed by atoms with Crippen molar-refractivity contribution in [2.75, 3.05) is 19.0 Å². The highest BCUT2D eigenvalue weighted by Crippen LogP contribution is 2.21. The summed E-state index contributed by atoms with van der Waals surface area (Å²) in [6.45, 7) is 5.36. The number of hydrogen-bond acceptors (Lipinski definition) is 7. The summed E-state index contributed by atoms with van der Waals surface area (Å²) in [6, 6.07) is 3.62. The molecule has 2 rings (SSSR count). The normalized spacial score (nSPS) is 11.3. The van der Waals surface area contributed by atoms with Crippen LogP contribution in [0.25, 0.3) is 0 Å². The van der Waals surface area contributed by atoms with Gasteiger partial charge in [-0.2, -0.15) is 0 Å². The summed E-state index contributed by atoms with van der Waals surface area (Å²) in [5, 5.41) is 4.59. The van der Waals surface area contributed by atoms with Crippen molar-refractivity contribution in [3.63, 3.8) is 0 Å². The molecular formula is C18H23N3O5S2. The molecule has 0 saturated heterocycles. The maximum atomic E-state index is 12.6. The van der Waals surface area contributed by atoms with E-state index in [0.717, 1.165) is 5.56 Å². The van der Waals surface area contributed by atoms with Gasteiger partial charge in [-0.15, -0.1) is 11.3 Å². The second-order valence-corrected chi connectivity index (χ2v) is 8.88. The molecule has 28 heavy (non-hydrogen) atoms. The van der Waals surface area contributed by atoms with Crippen LogP contribution in [0.4, 0.5) is 5.13 Å². The second-order valence-electron chi connectivity index (χ2n) is 6.32. The first kappa shape index (κ1) is 22.0. The van der Waals surface area contributed by atoms with E-state index >= 15 is 0 Å². The van der Waals surface area contributed by atoms with E-state index in [0.29, 0.717) is 22.0 Å². The van der Waals surface area contributed by atoms with E-state index < -0.39 is 16.0 Å². The van der Waals surface area contributed by atoms with Gasteiger partial charge in [-0.05, 0) is 31.9 Å². The SMILES string of the molecule is COC(=O)Cc1csc(NC(=O)CCNS(=O)(=O)c2c(C)cc(C)cc2C)n1. The van der Waals surface area contributed by atoms with Gasteiger partial charge in [-0.1, -0.05) is 17.7 Å². The van der Waals surface area contributed by atoms with Gasteiger partial charge in [0.15, 0.2) is 5.13 Å². The van der Waals surface area contributed by atoms with Crippen LogP contribution in [0.2, 0.25) is 0 Å². The second kappa shape index (κ2) is 9.26. The molecule has 0 spiro atoms. The van der Waals surface area contributed by atoms with Crippen molar-refractivity contribution in [2.24, 2.45) is 0 Å². The Hall–Kier alpha value is -2.30. The summed E-state index contributed by atoms with van der Waals surface area (Å²) in [5.74, 6) is -0.793. The molecular weight excluding hydrogens is 402 g/mol. The third-order valence-electron chi connectivity index (χ3n) is 3.87. The van der Waals surface area contributed by atoms with Crippen molar-refractivity contribution >= 4 is 38.4 Å². The van der Waals surface area contributed by atoms with Crippen LogP contribution in [0.3, 0.4) is 0 Å². The molecule has 0 aliphatic rings. The fourth-order valence-electron chi connectivity index (χ4n) is 2.81. The number of hydrogen-bond donors (Lipinski definition) is 2. The van der Waals surface area contributed by atoms with Crippen LogP contribution in [0, 0.1) is 20.8 Å². The highest BCUT2D eigenvalue weighted by Gasteiger charge is 2.20. The van der Waals surface area contributed by atoms with Crippen LogP contribution < -0.4 is 10.0 Å². The molecule has 0 aliphatic heterocycles. The van der Waals surface area contributed by atoms with Gasteiger partial charge in [0.1, 0.15) is 0 Å². The minimum absolute atomic E-state index is 0.0257. The zero-order valence-corrected chi connectivity index (χ0v) is 17.8. The number of rotatable bonds is 8. The van der Waals surface area contributed by atoms with Crippen molar-refractivity contribution in [3.8, 4) is 0 Å². The molecule has 1 amide bonds.